The number of nitrogens with two attached hydrogens (primary N) is 1. The summed E-state index contributed by atoms with van der Waals surface area (Å²) >= 11 is 0. The Labute approximate surface area is 102 Å². The van der Waals surface area contributed by atoms with E-state index in [1.807, 2.05) is 0 Å². The van der Waals surface area contributed by atoms with Crippen LogP contribution in [0.25, 0.3) is 10.9 Å². The number of aryl methyl sites for hydroxylation is 1. The molecule has 17 heavy (non-hydrogen) atoms. The summed E-state index contributed by atoms with van der Waals surface area (Å²) in [5, 5.41) is 1.37. The minimum atomic E-state index is 0.228. The summed E-state index contributed by atoms with van der Waals surface area (Å²) in [6.45, 7) is 2.93. The summed E-state index contributed by atoms with van der Waals surface area (Å²) in [5.41, 5.74) is 10.3. The van der Waals surface area contributed by atoms with Gasteiger partial charge in [0.2, 0.25) is 0 Å². The Morgan fingerprint density at radius 2 is 2.06 bits per heavy atom. The van der Waals surface area contributed by atoms with Gasteiger partial charge in [0, 0.05) is 29.1 Å². The maximum atomic E-state index is 6.08. The third-order valence-corrected chi connectivity index (χ3v) is 4.45. The van der Waals surface area contributed by atoms with Crippen molar-refractivity contribution < 1.29 is 0 Å². The molecule has 3 rings (SSSR count). The standard InChI is InChI=1S/C15H20N2/c1-11-5-4-6-12-13(9-17-14(11)12)15(10-16)7-2-3-8-15/h4-6,9,17H,2-3,7-8,10,16H2,1H3. The van der Waals surface area contributed by atoms with Gasteiger partial charge in [0.25, 0.3) is 0 Å². The Bertz CT molecular complexity index is 533. The van der Waals surface area contributed by atoms with E-state index in [1.54, 1.807) is 0 Å². The van der Waals surface area contributed by atoms with E-state index in [2.05, 4.69) is 36.3 Å². The van der Waals surface area contributed by atoms with Crippen LogP contribution in [0.2, 0.25) is 0 Å². The molecule has 0 radical (unpaired) electrons. The Morgan fingerprint density at radius 3 is 2.76 bits per heavy atom. The minimum Gasteiger partial charge on any atom is -0.361 e. The van der Waals surface area contributed by atoms with Crippen molar-refractivity contribution in [1.29, 1.82) is 0 Å². The van der Waals surface area contributed by atoms with Crippen molar-refractivity contribution >= 4 is 10.9 Å². The first-order chi connectivity index (χ1) is 8.27. The second kappa shape index (κ2) is 3.88. The summed E-state index contributed by atoms with van der Waals surface area (Å²) in [4.78, 5) is 3.44. The molecule has 1 heterocycles. The highest BCUT2D eigenvalue weighted by Gasteiger charge is 2.36. The number of rotatable bonds is 2. The predicted octanol–water partition coefficient (Wildman–Crippen LogP) is 3.25. The van der Waals surface area contributed by atoms with Gasteiger partial charge in [-0.1, -0.05) is 31.0 Å². The average molecular weight is 228 g/mol. The third-order valence-electron chi connectivity index (χ3n) is 4.45. The van der Waals surface area contributed by atoms with Crippen LogP contribution in [0.3, 0.4) is 0 Å². The SMILES string of the molecule is Cc1cccc2c(C3(CN)CCCC3)c[nH]c12. The maximum absolute atomic E-state index is 6.08. The molecular weight excluding hydrogens is 208 g/mol. The lowest BCUT2D eigenvalue weighted by Crippen LogP contribution is -2.31. The zero-order valence-electron chi connectivity index (χ0n) is 10.4. The molecule has 1 aliphatic carbocycles. The minimum absolute atomic E-state index is 0.228. The molecule has 0 spiro atoms. The van der Waals surface area contributed by atoms with Crippen LogP contribution >= 0.6 is 0 Å². The second-order valence-electron chi connectivity index (χ2n) is 5.39. The molecule has 0 unspecified atom stereocenters. The third kappa shape index (κ3) is 1.51. The van der Waals surface area contributed by atoms with Gasteiger partial charge in [-0.25, -0.2) is 0 Å². The fourth-order valence-electron chi connectivity index (χ4n) is 3.38. The van der Waals surface area contributed by atoms with Gasteiger partial charge >= 0.3 is 0 Å². The highest BCUT2D eigenvalue weighted by Crippen LogP contribution is 2.43. The molecule has 1 fully saturated rings. The molecule has 90 valence electrons. The second-order valence-corrected chi connectivity index (χ2v) is 5.39. The van der Waals surface area contributed by atoms with Gasteiger partial charge in [-0.3, -0.25) is 0 Å². The molecule has 0 bridgehead atoms. The van der Waals surface area contributed by atoms with Gasteiger partial charge in [-0.05, 0) is 30.9 Å². The van der Waals surface area contributed by atoms with Crippen molar-refractivity contribution in [2.24, 2.45) is 5.73 Å². The van der Waals surface area contributed by atoms with Crippen LogP contribution in [-0.4, -0.2) is 11.5 Å². The van der Waals surface area contributed by atoms with Crippen molar-refractivity contribution in [3.05, 3.63) is 35.5 Å². The van der Waals surface area contributed by atoms with E-state index in [0.717, 1.165) is 6.54 Å². The van der Waals surface area contributed by atoms with Crippen molar-refractivity contribution in [1.82, 2.24) is 4.98 Å². The van der Waals surface area contributed by atoms with Crippen LogP contribution in [0.15, 0.2) is 24.4 Å². The summed E-state index contributed by atoms with van der Waals surface area (Å²) in [6, 6.07) is 6.53. The quantitative estimate of drug-likeness (QED) is 0.814. The number of para-hydroxylation sites is 1. The van der Waals surface area contributed by atoms with Crippen LogP contribution in [0.4, 0.5) is 0 Å². The monoisotopic (exact) mass is 228 g/mol. The normalized spacial score (nSPS) is 18.9. The Hall–Kier alpha value is -1.28. The molecule has 2 nitrogen and oxygen atoms in total. The molecule has 2 heteroatoms. The van der Waals surface area contributed by atoms with E-state index in [1.165, 1.54) is 47.7 Å². The fourth-order valence-corrected chi connectivity index (χ4v) is 3.38. The van der Waals surface area contributed by atoms with Crippen LogP contribution in [0.5, 0.6) is 0 Å². The number of H-pyrrole nitrogens is 1. The van der Waals surface area contributed by atoms with E-state index >= 15 is 0 Å². The molecule has 1 aliphatic rings. The lowest BCUT2D eigenvalue weighted by atomic mass is 9.79. The molecule has 1 aromatic heterocycles. The van der Waals surface area contributed by atoms with E-state index in [9.17, 15) is 0 Å². The summed E-state index contributed by atoms with van der Waals surface area (Å²) in [6.07, 6.45) is 7.30. The highest BCUT2D eigenvalue weighted by atomic mass is 14.7. The number of hydrogen-bond donors (Lipinski definition) is 2. The smallest absolute Gasteiger partial charge is 0.0486 e. The van der Waals surface area contributed by atoms with Crippen molar-refractivity contribution in [3.63, 3.8) is 0 Å². The first-order valence-corrected chi connectivity index (χ1v) is 6.54. The zero-order valence-corrected chi connectivity index (χ0v) is 10.4. The number of benzene rings is 1. The predicted molar refractivity (Wildman–Crippen MR) is 72.2 cm³/mol. The lowest BCUT2D eigenvalue weighted by molar-refractivity contribution is 0.457. The summed E-state index contributed by atoms with van der Waals surface area (Å²) < 4.78 is 0. The Balaban J connectivity index is 2.20. The van der Waals surface area contributed by atoms with E-state index < -0.39 is 0 Å². The number of fused-ring (bicyclic) bond motifs is 1. The van der Waals surface area contributed by atoms with Crippen LogP contribution in [-0.2, 0) is 5.41 Å². The number of hydrogen-bond acceptors (Lipinski definition) is 1. The zero-order chi connectivity index (χ0) is 11.9. The van der Waals surface area contributed by atoms with Crippen molar-refractivity contribution in [2.45, 2.75) is 38.0 Å². The Morgan fingerprint density at radius 1 is 1.29 bits per heavy atom. The molecule has 1 saturated carbocycles. The molecule has 0 aliphatic heterocycles. The number of aromatic amines is 1. The van der Waals surface area contributed by atoms with Crippen LogP contribution in [0.1, 0.15) is 36.8 Å². The van der Waals surface area contributed by atoms with Gasteiger partial charge in [0.05, 0.1) is 0 Å². The van der Waals surface area contributed by atoms with Crippen molar-refractivity contribution in [2.75, 3.05) is 6.54 Å². The first kappa shape index (κ1) is 10.8. The lowest BCUT2D eigenvalue weighted by Gasteiger charge is -2.27. The number of aromatic nitrogens is 1. The fraction of sp³-hybridized carbons (Fsp3) is 0.467. The topological polar surface area (TPSA) is 41.8 Å². The molecular formula is C15H20N2. The Kier molecular flexibility index (Phi) is 2.48. The molecule has 0 amide bonds. The molecule has 3 N–H and O–H groups in total. The largest absolute Gasteiger partial charge is 0.361 e. The van der Waals surface area contributed by atoms with E-state index in [-0.39, 0.29) is 5.41 Å². The van der Waals surface area contributed by atoms with Gasteiger partial charge in [-0.15, -0.1) is 0 Å². The molecule has 2 aromatic rings. The van der Waals surface area contributed by atoms with Crippen molar-refractivity contribution in [3.8, 4) is 0 Å². The van der Waals surface area contributed by atoms with Crippen LogP contribution < -0.4 is 5.73 Å². The van der Waals surface area contributed by atoms with Crippen LogP contribution in [0, 0.1) is 6.92 Å². The number of nitrogens with one attached hydrogen (secondary N) is 1. The molecule has 0 atom stereocenters. The first-order valence-electron chi connectivity index (χ1n) is 6.54. The van der Waals surface area contributed by atoms with Gasteiger partial charge < -0.3 is 10.7 Å². The summed E-state index contributed by atoms with van der Waals surface area (Å²) in [5.74, 6) is 0. The average Bonchev–Trinajstić information content (AvgIpc) is 2.96. The molecule has 0 saturated heterocycles. The van der Waals surface area contributed by atoms with Gasteiger partial charge in [-0.2, -0.15) is 0 Å². The van der Waals surface area contributed by atoms with Gasteiger partial charge in [0.15, 0.2) is 0 Å². The van der Waals surface area contributed by atoms with E-state index in [0.29, 0.717) is 0 Å². The molecule has 1 aromatic carbocycles. The highest BCUT2D eigenvalue weighted by molar-refractivity contribution is 5.87. The van der Waals surface area contributed by atoms with E-state index in [4.69, 9.17) is 5.73 Å². The maximum Gasteiger partial charge on any atom is 0.0486 e. The summed E-state index contributed by atoms with van der Waals surface area (Å²) in [7, 11) is 0. The van der Waals surface area contributed by atoms with Gasteiger partial charge in [0.1, 0.15) is 0 Å².